The highest BCUT2D eigenvalue weighted by Crippen LogP contribution is 2.24. The third kappa shape index (κ3) is 2.61. The molecule has 0 unspecified atom stereocenters. The molecule has 2 rings (SSSR count). The van der Waals surface area contributed by atoms with Gasteiger partial charge >= 0.3 is 0 Å². The first-order valence-corrected chi connectivity index (χ1v) is 7.52. The maximum atomic E-state index is 12.3. The third-order valence-corrected chi connectivity index (χ3v) is 5.84. The number of thiophene rings is 1. The molecule has 0 aromatic carbocycles. The Bertz CT molecular complexity index is 604. The van der Waals surface area contributed by atoms with Crippen molar-refractivity contribution in [3.05, 3.63) is 35.0 Å². The van der Waals surface area contributed by atoms with E-state index >= 15 is 0 Å². The quantitative estimate of drug-likeness (QED) is 0.848. The van der Waals surface area contributed by atoms with Crippen LogP contribution in [-0.2, 0) is 23.1 Å². The Balaban J connectivity index is 2.19. The molecule has 0 fully saturated rings. The van der Waals surface area contributed by atoms with Gasteiger partial charge in [0.1, 0.15) is 4.21 Å². The summed E-state index contributed by atoms with van der Waals surface area (Å²) in [5.41, 5.74) is 6.30. The number of aromatic nitrogens is 2. The van der Waals surface area contributed by atoms with Crippen LogP contribution in [0.1, 0.15) is 10.4 Å². The first kappa shape index (κ1) is 13.2. The van der Waals surface area contributed by atoms with Crippen LogP contribution in [0.4, 0.5) is 0 Å². The molecule has 2 aromatic heterocycles. The van der Waals surface area contributed by atoms with E-state index in [1.54, 1.807) is 31.6 Å². The summed E-state index contributed by atoms with van der Waals surface area (Å²) < 4.78 is 26.1. The van der Waals surface area contributed by atoms with E-state index in [0.717, 1.165) is 10.4 Å². The summed E-state index contributed by atoms with van der Waals surface area (Å²) in [6.07, 6.45) is 3.28. The maximum absolute atomic E-state index is 12.3. The Labute approximate surface area is 109 Å². The van der Waals surface area contributed by atoms with Crippen LogP contribution in [-0.4, -0.2) is 30.0 Å². The van der Waals surface area contributed by atoms with Gasteiger partial charge in [-0.1, -0.05) is 0 Å². The molecule has 0 aliphatic heterocycles. The number of nitrogens with zero attached hydrogens (tertiary/aromatic N) is 2. The van der Waals surface area contributed by atoms with Gasteiger partial charge in [-0.25, -0.2) is 8.42 Å². The van der Waals surface area contributed by atoms with Crippen molar-refractivity contribution in [2.45, 2.75) is 17.3 Å². The maximum Gasteiger partial charge on any atom is 0.252 e. The molecule has 0 saturated carbocycles. The van der Waals surface area contributed by atoms with Crippen molar-refractivity contribution in [3.8, 4) is 0 Å². The van der Waals surface area contributed by atoms with E-state index in [2.05, 4.69) is 10.2 Å². The minimum absolute atomic E-state index is 0.286. The van der Waals surface area contributed by atoms with Crippen molar-refractivity contribution in [3.63, 3.8) is 0 Å². The summed E-state index contributed by atoms with van der Waals surface area (Å²) in [6.45, 7) is 0.639. The molecule has 0 aliphatic rings. The molecule has 0 radical (unpaired) electrons. The van der Waals surface area contributed by atoms with Crippen LogP contribution in [0.5, 0.6) is 0 Å². The van der Waals surface area contributed by atoms with Gasteiger partial charge in [0.25, 0.3) is 10.0 Å². The zero-order valence-corrected chi connectivity index (χ0v) is 11.5. The summed E-state index contributed by atoms with van der Waals surface area (Å²) in [4.78, 5) is 0.852. The van der Waals surface area contributed by atoms with Crippen LogP contribution >= 0.6 is 11.3 Å². The fourth-order valence-electron chi connectivity index (χ4n) is 1.47. The highest BCUT2D eigenvalue weighted by molar-refractivity contribution is 7.91. The Morgan fingerprint density at radius 3 is 2.83 bits per heavy atom. The third-order valence-electron chi connectivity index (χ3n) is 2.46. The monoisotopic (exact) mass is 286 g/mol. The fourth-order valence-corrected chi connectivity index (χ4v) is 4.07. The zero-order chi connectivity index (χ0) is 13.2. The van der Waals surface area contributed by atoms with Crippen LogP contribution in [0.2, 0.25) is 0 Å². The smallest absolute Gasteiger partial charge is 0.252 e. The molecule has 2 aromatic rings. The molecule has 0 amide bonds. The molecule has 0 bridgehead atoms. The molecule has 3 N–H and O–H groups in total. The number of rotatable bonds is 5. The van der Waals surface area contributed by atoms with Crippen molar-refractivity contribution in [2.75, 3.05) is 7.05 Å². The molecule has 98 valence electrons. The number of hydrogen-bond acceptors (Lipinski definition) is 5. The van der Waals surface area contributed by atoms with E-state index in [1.807, 2.05) is 0 Å². The lowest BCUT2D eigenvalue weighted by Crippen LogP contribution is -2.25. The van der Waals surface area contributed by atoms with Crippen LogP contribution in [0.3, 0.4) is 0 Å². The minimum atomic E-state index is -3.45. The molecular formula is C10H14N4O2S2. The first-order valence-electron chi connectivity index (χ1n) is 5.27. The SMILES string of the molecule is CN(Cc1cn[nH]c1)S(=O)(=O)c1ccc(CN)s1. The molecule has 0 spiro atoms. The van der Waals surface area contributed by atoms with E-state index in [-0.39, 0.29) is 6.54 Å². The van der Waals surface area contributed by atoms with Gasteiger partial charge in [0.2, 0.25) is 0 Å². The molecule has 8 heteroatoms. The topological polar surface area (TPSA) is 92.1 Å². The summed E-state index contributed by atoms with van der Waals surface area (Å²) in [5, 5.41) is 6.44. The van der Waals surface area contributed by atoms with Crippen LogP contribution in [0, 0.1) is 0 Å². The van der Waals surface area contributed by atoms with Crippen LogP contribution in [0.15, 0.2) is 28.7 Å². The second-order valence-corrected chi connectivity index (χ2v) is 7.23. The Hall–Kier alpha value is -1.22. The number of nitrogens with two attached hydrogens (primary N) is 1. The normalized spacial score (nSPS) is 12.2. The zero-order valence-electron chi connectivity index (χ0n) is 9.83. The highest BCUT2D eigenvalue weighted by Gasteiger charge is 2.22. The lowest BCUT2D eigenvalue weighted by atomic mass is 10.4. The van der Waals surface area contributed by atoms with E-state index in [1.165, 1.54) is 15.6 Å². The molecular weight excluding hydrogens is 272 g/mol. The number of nitrogens with one attached hydrogen (secondary N) is 1. The van der Waals surface area contributed by atoms with Gasteiger partial charge in [-0.15, -0.1) is 11.3 Å². The van der Waals surface area contributed by atoms with E-state index in [0.29, 0.717) is 10.8 Å². The number of hydrogen-bond donors (Lipinski definition) is 2. The summed E-state index contributed by atoms with van der Waals surface area (Å²) >= 11 is 1.20. The summed E-state index contributed by atoms with van der Waals surface area (Å²) in [6, 6.07) is 3.33. The van der Waals surface area contributed by atoms with Gasteiger partial charge < -0.3 is 5.73 Å². The van der Waals surface area contributed by atoms with Gasteiger partial charge in [0, 0.05) is 36.8 Å². The van der Waals surface area contributed by atoms with E-state index in [4.69, 9.17) is 5.73 Å². The summed E-state index contributed by atoms with van der Waals surface area (Å²) in [5.74, 6) is 0. The number of aromatic amines is 1. The standard InChI is InChI=1S/C10H14N4O2S2/c1-14(7-8-5-12-13-6-8)18(15,16)10-3-2-9(4-11)17-10/h2-3,5-6H,4,7,11H2,1H3,(H,12,13). The lowest BCUT2D eigenvalue weighted by Gasteiger charge is -2.14. The van der Waals surface area contributed by atoms with Gasteiger partial charge in [-0.2, -0.15) is 9.40 Å². The van der Waals surface area contributed by atoms with E-state index < -0.39 is 10.0 Å². The Kier molecular flexibility index (Phi) is 3.81. The Morgan fingerprint density at radius 2 is 2.28 bits per heavy atom. The van der Waals surface area contributed by atoms with E-state index in [9.17, 15) is 8.42 Å². The second-order valence-electron chi connectivity index (χ2n) is 3.79. The highest BCUT2D eigenvalue weighted by atomic mass is 32.2. The average molecular weight is 286 g/mol. The number of H-pyrrole nitrogens is 1. The van der Waals surface area contributed by atoms with Crippen molar-refractivity contribution < 1.29 is 8.42 Å². The molecule has 0 atom stereocenters. The van der Waals surface area contributed by atoms with Gasteiger partial charge in [0.15, 0.2) is 0 Å². The van der Waals surface area contributed by atoms with Gasteiger partial charge in [-0.3, -0.25) is 5.10 Å². The molecule has 0 saturated heterocycles. The number of sulfonamides is 1. The molecule has 18 heavy (non-hydrogen) atoms. The van der Waals surface area contributed by atoms with Crippen molar-refractivity contribution in [2.24, 2.45) is 5.73 Å². The van der Waals surface area contributed by atoms with Crippen LogP contribution < -0.4 is 5.73 Å². The molecule has 6 nitrogen and oxygen atoms in total. The van der Waals surface area contributed by atoms with Crippen molar-refractivity contribution in [1.82, 2.24) is 14.5 Å². The van der Waals surface area contributed by atoms with Gasteiger partial charge in [0.05, 0.1) is 6.20 Å². The first-order chi connectivity index (χ1) is 8.54. The Morgan fingerprint density at radius 1 is 1.50 bits per heavy atom. The predicted molar refractivity (Wildman–Crippen MR) is 69.5 cm³/mol. The summed E-state index contributed by atoms with van der Waals surface area (Å²) in [7, 11) is -1.90. The van der Waals surface area contributed by atoms with Gasteiger partial charge in [-0.05, 0) is 12.1 Å². The minimum Gasteiger partial charge on any atom is -0.326 e. The molecule has 0 aliphatic carbocycles. The fraction of sp³-hybridized carbons (Fsp3) is 0.300. The van der Waals surface area contributed by atoms with Crippen LogP contribution in [0.25, 0.3) is 0 Å². The largest absolute Gasteiger partial charge is 0.326 e. The predicted octanol–water partition coefficient (Wildman–Crippen LogP) is 0.751. The lowest BCUT2D eigenvalue weighted by molar-refractivity contribution is 0.468. The molecule has 2 heterocycles. The van der Waals surface area contributed by atoms with Crippen molar-refractivity contribution in [1.29, 1.82) is 0 Å². The van der Waals surface area contributed by atoms with Crippen molar-refractivity contribution >= 4 is 21.4 Å². The average Bonchev–Trinajstić information content (AvgIpc) is 2.99. The second kappa shape index (κ2) is 5.19.